The van der Waals surface area contributed by atoms with E-state index in [9.17, 15) is 21.6 Å². The van der Waals surface area contributed by atoms with Crippen LogP contribution in [0.3, 0.4) is 0 Å². The van der Waals surface area contributed by atoms with Gasteiger partial charge < -0.3 is 10.6 Å². The van der Waals surface area contributed by atoms with Crippen LogP contribution in [0, 0.1) is 0 Å². The zero-order chi connectivity index (χ0) is 17.5. The molecule has 0 amide bonds. The molecule has 0 spiro atoms. The number of guanidine groups is 1. The number of alkyl halides is 3. The van der Waals surface area contributed by atoms with Gasteiger partial charge in [-0.05, 0) is 6.92 Å². The molecule has 0 aliphatic heterocycles. The van der Waals surface area contributed by atoms with Gasteiger partial charge in [-0.15, -0.1) is 11.3 Å². The molecule has 0 fully saturated rings. The molecular formula is C11H18F3N5O2S2. The van der Waals surface area contributed by atoms with Gasteiger partial charge in [0, 0.05) is 25.0 Å². The molecule has 1 aromatic heterocycles. The largest absolute Gasteiger partial charge is 0.434 e. The second kappa shape index (κ2) is 8.45. The predicted molar refractivity (Wildman–Crippen MR) is 82.8 cm³/mol. The van der Waals surface area contributed by atoms with Gasteiger partial charge >= 0.3 is 6.18 Å². The number of thiazole rings is 1. The Bertz CT molecular complexity index is 628. The molecule has 7 nitrogen and oxygen atoms in total. The summed E-state index contributed by atoms with van der Waals surface area (Å²) in [5, 5.41) is 6.96. The Morgan fingerprint density at radius 3 is 2.57 bits per heavy atom. The Labute approximate surface area is 136 Å². The third kappa shape index (κ3) is 8.13. The first-order chi connectivity index (χ1) is 10.6. The maximum absolute atomic E-state index is 12.5. The van der Waals surface area contributed by atoms with E-state index in [0.29, 0.717) is 12.5 Å². The topological polar surface area (TPSA) is 95.5 Å². The van der Waals surface area contributed by atoms with Gasteiger partial charge in [0.15, 0.2) is 11.7 Å². The summed E-state index contributed by atoms with van der Waals surface area (Å²) in [6, 6.07) is 0. The zero-order valence-corrected chi connectivity index (χ0v) is 14.2. The van der Waals surface area contributed by atoms with Crippen molar-refractivity contribution in [3.63, 3.8) is 0 Å². The summed E-state index contributed by atoms with van der Waals surface area (Å²) in [5.74, 6) is 0.367. The summed E-state index contributed by atoms with van der Waals surface area (Å²) in [4.78, 5) is 7.59. The lowest BCUT2D eigenvalue weighted by molar-refractivity contribution is -0.140. The SMILES string of the molecule is CCNC(=NCc1nc(C(F)(F)F)cs1)NCCNS(C)(=O)=O. The summed E-state index contributed by atoms with van der Waals surface area (Å²) in [6.45, 7) is 2.83. The van der Waals surface area contributed by atoms with Crippen molar-refractivity contribution in [1.82, 2.24) is 20.3 Å². The van der Waals surface area contributed by atoms with Crippen LogP contribution in [0.2, 0.25) is 0 Å². The number of nitrogens with zero attached hydrogens (tertiary/aromatic N) is 2. The van der Waals surface area contributed by atoms with E-state index in [2.05, 4.69) is 25.3 Å². The molecule has 0 saturated carbocycles. The van der Waals surface area contributed by atoms with Crippen LogP contribution >= 0.6 is 11.3 Å². The van der Waals surface area contributed by atoms with E-state index in [0.717, 1.165) is 23.0 Å². The van der Waals surface area contributed by atoms with Crippen molar-refractivity contribution in [3.05, 3.63) is 16.1 Å². The molecule has 23 heavy (non-hydrogen) atoms. The number of hydrogen-bond acceptors (Lipinski definition) is 5. The van der Waals surface area contributed by atoms with Gasteiger partial charge in [-0.1, -0.05) is 0 Å². The van der Waals surface area contributed by atoms with Crippen molar-refractivity contribution in [3.8, 4) is 0 Å². The molecule has 0 aliphatic carbocycles. The molecule has 0 saturated heterocycles. The Hall–Kier alpha value is -1.40. The minimum absolute atomic E-state index is 0.00438. The van der Waals surface area contributed by atoms with Crippen LogP contribution in [0.25, 0.3) is 0 Å². The minimum atomic E-state index is -4.46. The van der Waals surface area contributed by atoms with Gasteiger partial charge in [0.25, 0.3) is 0 Å². The summed E-state index contributed by atoms with van der Waals surface area (Å²) in [5.41, 5.74) is -0.928. The van der Waals surface area contributed by atoms with E-state index in [1.54, 1.807) is 0 Å². The molecule has 132 valence electrons. The van der Waals surface area contributed by atoms with Gasteiger partial charge in [0.2, 0.25) is 10.0 Å². The fourth-order valence-electron chi connectivity index (χ4n) is 1.42. The Morgan fingerprint density at radius 2 is 2.04 bits per heavy atom. The van der Waals surface area contributed by atoms with Gasteiger partial charge in [-0.3, -0.25) is 0 Å². The van der Waals surface area contributed by atoms with E-state index in [1.807, 2.05) is 6.92 Å². The van der Waals surface area contributed by atoms with Crippen LogP contribution in [-0.2, 0) is 22.7 Å². The van der Waals surface area contributed by atoms with E-state index >= 15 is 0 Å². The molecule has 1 aromatic rings. The first-order valence-corrected chi connectivity index (χ1v) is 9.37. The maximum Gasteiger partial charge on any atom is 0.434 e. The molecule has 1 heterocycles. The Morgan fingerprint density at radius 1 is 1.35 bits per heavy atom. The zero-order valence-electron chi connectivity index (χ0n) is 12.6. The second-order valence-corrected chi connectivity index (χ2v) is 7.19. The highest BCUT2D eigenvalue weighted by molar-refractivity contribution is 7.88. The predicted octanol–water partition coefficient (Wildman–Crippen LogP) is 0.766. The van der Waals surface area contributed by atoms with Crippen molar-refractivity contribution < 1.29 is 21.6 Å². The summed E-state index contributed by atoms with van der Waals surface area (Å²) in [6.07, 6.45) is -3.41. The van der Waals surface area contributed by atoms with Crippen molar-refractivity contribution in [2.45, 2.75) is 19.6 Å². The van der Waals surface area contributed by atoms with E-state index in [4.69, 9.17) is 0 Å². The number of aromatic nitrogens is 1. The van der Waals surface area contributed by atoms with E-state index < -0.39 is 21.9 Å². The maximum atomic E-state index is 12.5. The molecule has 0 aliphatic rings. The third-order valence-corrected chi connectivity index (χ3v) is 3.90. The van der Waals surface area contributed by atoms with Crippen LogP contribution < -0.4 is 15.4 Å². The normalized spacial score (nSPS) is 13.2. The summed E-state index contributed by atoms with van der Waals surface area (Å²) < 4.78 is 61.5. The lowest BCUT2D eigenvalue weighted by atomic mass is 10.5. The molecule has 0 aromatic carbocycles. The number of nitrogens with one attached hydrogen (secondary N) is 3. The summed E-state index contributed by atoms with van der Waals surface area (Å²) >= 11 is 0.883. The van der Waals surface area contributed by atoms with Crippen LogP contribution in [0.4, 0.5) is 13.2 Å². The fraction of sp³-hybridized carbons (Fsp3) is 0.636. The number of sulfonamides is 1. The molecule has 0 bridgehead atoms. The number of rotatable bonds is 7. The Balaban J connectivity index is 2.56. The van der Waals surface area contributed by atoms with Gasteiger partial charge in [-0.25, -0.2) is 23.1 Å². The van der Waals surface area contributed by atoms with Crippen LogP contribution in [-0.4, -0.2) is 45.3 Å². The lowest BCUT2D eigenvalue weighted by Crippen LogP contribution is -2.41. The van der Waals surface area contributed by atoms with Crippen LogP contribution in [0.15, 0.2) is 10.4 Å². The molecule has 3 N–H and O–H groups in total. The molecular weight excluding hydrogens is 355 g/mol. The van der Waals surface area contributed by atoms with Crippen molar-refractivity contribution >= 4 is 27.3 Å². The smallest absolute Gasteiger partial charge is 0.357 e. The first kappa shape index (κ1) is 19.6. The highest BCUT2D eigenvalue weighted by atomic mass is 32.2. The first-order valence-electron chi connectivity index (χ1n) is 6.60. The van der Waals surface area contributed by atoms with Crippen molar-refractivity contribution in [2.75, 3.05) is 25.9 Å². The highest BCUT2D eigenvalue weighted by Gasteiger charge is 2.33. The molecule has 0 unspecified atom stereocenters. The fourth-order valence-corrected chi connectivity index (χ4v) is 2.62. The van der Waals surface area contributed by atoms with Crippen molar-refractivity contribution in [2.24, 2.45) is 4.99 Å². The molecule has 0 atom stereocenters. The highest BCUT2D eigenvalue weighted by Crippen LogP contribution is 2.30. The summed E-state index contributed by atoms with van der Waals surface area (Å²) in [7, 11) is -3.27. The molecule has 1 rings (SSSR count). The Kier molecular flexibility index (Phi) is 7.22. The number of aliphatic imine (C=N–C) groups is 1. The monoisotopic (exact) mass is 373 g/mol. The van der Waals surface area contributed by atoms with Gasteiger partial charge in [0.05, 0.1) is 12.8 Å². The number of halogens is 3. The lowest BCUT2D eigenvalue weighted by Gasteiger charge is -2.10. The molecule has 12 heteroatoms. The molecule has 0 radical (unpaired) electrons. The van der Waals surface area contributed by atoms with Crippen LogP contribution in [0.1, 0.15) is 17.6 Å². The standard InChI is InChI=1S/C11H18F3N5O2S2/c1-3-15-10(16-4-5-18-23(2,20)21)17-6-9-19-8(7-22-9)11(12,13)14/h7,18H,3-6H2,1-2H3,(H2,15,16,17). The van der Waals surface area contributed by atoms with Crippen LogP contribution in [0.5, 0.6) is 0 Å². The van der Waals surface area contributed by atoms with Gasteiger partial charge in [-0.2, -0.15) is 13.2 Å². The average Bonchev–Trinajstić information content (AvgIpc) is 2.88. The second-order valence-electron chi connectivity index (χ2n) is 4.41. The van der Waals surface area contributed by atoms with E-state index in [-0.39, 0.29) is 24.6 Å². The van der Waals surface area contributed by atoms with E-state index in [1.165, 1.54) is 0 Å². The van der Waals surface area contributed by atoms with Gasteiger partial charge in [0.1, 0.15) is 5.01 Å². The number of hydrogen-bond donors (Lipinski definition) is 3. The average molecular weight is 373 g/mol. The quantitative estimate of drug-likeness (QED) is 0.373. The minimum Gasteiger partial charge on any atom is -0.357 e. The third-order valence-electron chi connectivity index (χ3n) is 2.34. The van der Waals surface area contributed by atoms with Crippen molar-refractivity contribution in [1.29, 1.82) is 0 Å².